The maximum absolute atomic E-state index is 12.0. The van der Waals surface area contributed by atoms with Crippen molar-refractivity contribution in [3.63, 3.8) is 0 Å². The Hall–Kier alpha value is -2.21. The van der Waals surface area contributed by atoms with E-state index in [0.717, 1.165) is 10.8 Å². The largest absolute Gasteiger partial charge is 0.481 e. The Morgan fingerprint density at radius 2 is 1.96 bits per heavy atom. The Bertz CT molecular complexity index is 684. The molecule has 0 fully saturated rings. The highest BCUT2D eigenvalue weighted by Gasteiger charge is 2.15. The van der Waals surface area contributed by atoms with Gasteiger partial charge < -0.3 is 15.2 Å². The standard InChI is InChI=1S/C17H19NO4S/c1-12(17(21)18-9-10-23-11-16(19)20)22-15-8-4-6-13-5-2-3-7-14(13)15/h2-8,12H,9-11H2,1H3,(H,18,21)(H,19,20). The van der Waals surface area contributed by atoms with Crippen molar-refractivity contribution < 1.29 is 19.4 Å². The van der Waals surface area contributed by atoms with E-state index in [1.807, 2.05) is 42.5 Å². The lowest BCUT2D eigenvalue weighted by molar-refractivity contribution is -0.134. The molecule has 0 saturated carbocycles. The summed E-state index contributed by atoms with van der Waals surface area (Å²) in [6, 6.07) is 13.6. The van der Waals surface area contributed by atoms with Gasteiger partial charge in [-0.2, -0.15) is 0 Å². The second kappa shape index (κ2) is 8.43. The SMILES string of the molecule is CC(Oc1cccc2ccccc12)C(=O)NCCSCC(=O)O. The fraction of sp³-hybridized carbons (Fsp3) is 0.294. The molecule has 122 valence electrons. The highest BCUT2D eigenvalue weighted by Crippen LogP contribution is 2.25. The van der Waals surface area contributed by atoms with Gasteiger partial charge in [-0.3, -0.25) is 9.59 Å². The Morgan fingerprint density at radius 3 is 2.74 bits per heavy atom. The summed E-state index contributed by atoms with van der Waals surface area (Å²) in [5.41, 5.74) is 0. The van der Waals surface area contributed by atoms with Gasteiger partial charge in [0.05, 0.1) is 5.75 Å². The summed E-state index contributed by atoms with van der Waals surface area (Å²) < 4.78 is 5.77. The van der Waals surface area contributed by atoms with E-state index >= 15 is 0 Å². The molecule has 2 rings (SSSR count). The van der Waals surface area contributed by atoms with Crippen molar-refractivity contribution in [1.82, 2.24) is 5.32 Å². The Morgan fingerprint density at radius 1 is 1.22 bits per heavy atom. The van der Waals surface area contributed by atoms with E-state index in [-0.39, 0.29) is 11.7 Å². The van der Waals surface area contributed by atoms with Gasteiger partial charge in [0.2, 0.25) is 0 Å². The van der Waals surface area contributed by atoms with Gasteiger partial charge in [-0.1, -0.05) is 36.4 Å². The van der Waals surface area contributed by atoms with Gasteiger partial charge in [0.15, 0.2) is 6.10 Å². The molecule has 0 saturated heterocycles. The average Bonchev–Trinajstić information content (AvgIpc) is 2.54. The summed E-state index contributed by atoms with van der Waals surface area (Å²) in [4.78, 5) is 22.4. The van der Waals surface area contributed by atoms with E-state index < -0.39 is 12.1 Å². The number of hydrogen-bond acceptors (Lipinski definition) is 4. The molecular weight excluding hydrogens is 314 g/mol. The van der Waals surface area contributed by atoms with Gasteiger partial charge >= 0.3 is 5.97 Å². The zero-order chi connectivity index (χ0) is 16.7. The second-order valence-corrected chi connectivity index (χ2v) is 6.08. The first-order chi connectivity index (χ1) is 11.1. The Balaban J connectivity index is 1.86. The van der Waals surface area contributed by atoms with E-state index in [4.69, 9.17) is 9.84 Å². The van der Waals surface area contributed by atoms with Crippen LogP contribution < -0.4 is 10.1 Å². The lowest BCUT2D eigenvalue weighted by Gasteiger charge is -2.16. The number of carbonyl (C=O) groups excluding carboxylic acids is 1. The van der Waals surface area contributed by atoms with Crippen LogP contribution in [0.1, 0.15) is 6.92 Å². The number of benzene rings is 2. The topological polar surface area (TPSA) is 75.6 Å². The summed E-state index contributed by atoms with van der Waals surface area (Å²) in [5, 5.41) is 13.3. The van der Waals surface area contributed by atoms with Crippen LogP contribution in [0.2, 0.25) is 0 Å². The number of rotatable bonds is 8. The molecule has 6 heteroatoms. The van der Waals surface area contributed by atoms with Crippen LogP contribution in [0, 0.1) is 0 Å². The van der Waals surface area contributed by atoms with Crippen molar-refractivity contribution in [3.05, 3.63) is 42.5 Å². The van der Waals surface area contributed by atoms with Gasteiger partial charge in [-0.25, -0.2) is 0 Å². The molecule has 1 amide bonds. The van der Waals surface area contributed by atoms with E-state index in [1.165, 1.54) is 11.8 Å². The Kier molecular flexibility index (Phi) is 6.29. The minimum Gasteiger partial charge on any atom is -0.481 e. The van der Waals surface area contributed by atoms with Crippen molar-refractivity contribution >= 4 is 34.4 Å². The molecule has 0 heterocycles. The molecule has 0 aliphatic heterocycles. The third-order valence-corrected chi connectivity index (χ3v) is 4.14. The van der Waals surface area contributed by atoms with Gasteiger partial charge in [-0.15, -0.1) is 11.8 Å². The quantitative estimate of drug-likeness (QED) is 0.726. The molecule has 0 aliphatic rings. The first-order valence-electron chi connectivity index (χ1n) is 7.29. The minimum atomic E-state index is -0.853. The number of nitrogens with one attached hydrogen (secondary N) is 1. The fourth-order valence-corrected chi connectivity index (χ4v) is 2.66. The second-order valence-electron chi connectivity index (χ2n) is 4.97. The van der Waals surface area contributed by atoms with Crippen LogP contribution in [0.4, 0.5) is 0 Å². The highest BCUT2D eigenvalue weighted by molar-refractivity contribution is 7.99. The fourth-order valence-electron chi connectivity index (χ4n) is 2.09. The molecule has 0 radical (unpaired) electrons. The summed E-state index contributed by atoms with van der Waals surface area (Å²) in [7, 11) is 0. The maximum atomic E-state index is 12.0. The Labute approximate surface area is 139 Å². The van der Waals surface area contributed by atoms with Crippen molar-refractivity contribution in [2.45, 2.75) is 13.0 Å². The first-order valence-corrected chi connectivity index (χ1v) is 8.45. The number of fused-ring (bicyclic) bond motifs is 1. The summed E-state index contributed by atoms with van der Waals surface area (Å²) >= 11 is 1.27. The van der Waals surface area contributed by atoms with Gasteiger partial charge in [-0.05, 0) is 18.4 Å². The van der Waals surface area contributed by atoms with Crippen LogP contribution in [0.3, 0.4) is 0 Å². The summed E-state index contributed by atoms with van der Waals surface area (Å²) in [5.74, 6) is 0.200. The van der Waals surface area contributed by atoms with Crippen molar-refractivity contribution in [2.75, 3.05) is 18.1 Å². The molecule has 5 nitrogen and oxygen atoms in total. The van der Waals surface area contributed by atoms with Crippen molar-refractivity contribution in [1.29, 1.82) is 0 Å². The third-order valence-electron chi connectivity index (χ3n) is 3.19. The zero-order valence-corrected chi connectivity index (χ0v) is 13.6. The number of carboxylic acid groups (broad SMARTS) is 1. The van der Waals surface area contributed by atoms with E-state index in [9.17, 15) is 9.59 Å². The van der Waals surface area contributed by atoms with Crippen LogP contribution >= 0.6 is 11.8 Å². The van der Waals surface area contributed by atoms with Gasteiger partial charge in [0.25, 0.3) is 5.91 Å². The molecule has 0 bridgehead atoms. The lowest BCUT2D eigenvalue weighted by atomic mass is 10.1. The molecule has 23 heavy (non-hydrogen) atoms. The van der Waals surface area contributed by atoms with Crippen LogP contribution in [0.15, 0.2) is 42.5 Å². The molecule has 1 atom stereocenters. The van der Waals surface area contributed by atoms with Gasteiger partial charge in [0, 0.05) is 17.7 Å². The molecule has 0 aromatic heterocycles. The van der Waals surface area contributed by atoms with E-state index in [0.29, 0.717) is 18.0 Å². The van der Waals surface area contributed by atoms with Crippen LogP contribution in [-0.4, -0.2) is 41.1 Å². The summed E-state index contributed by atoms with van der Waals surface area (Å²) in [6.07, 6.45) is -0.620. The monoisotopic (exact) mass is 333 g/mol. The zero-order valence-electron chi connectivity index (χ0n) is 12.8. The van der Waals surface area contributed by atoms with Crippen molar-refractivity contribution in [2.24, 2.45) is 0 Å². The predicted molar refractivity (Wildman–Crippen MR) is 92.0 cm³/mol. The normalized spacial score (nSPS) is 11.9. The first kappa shape index (κ1) is 17.1. The maximum Gasteiger partial charge on any atom is 0.313 e. The molecular formula is C17H19NO4S. The number of carboxylic acids is 1. The molecule has 2 aromatic carbocycles. The van der Waals surface area contributed by atoms with E-state index in [2.05, 4.69) is 5.32 Å². The number of carbonyl (C=O) groups is 2. The molecule has 0 spiro atoms. The van der Waals surface area contributed by atoms with Crippen molar-refractivity contribution in [3.8, 4) is 5.75 Å². The van der Waals surface area contributed by atoms with Gasteiger partial charge in [0.1, 0.15) is 5.75 Å². The summed E-state index contributed by atoms with van der Waals surface area (Å²) in [6.45, 7) is 2.11. The smallest absolute Gasteiger partial charge is 0.313 e. The number of hydrogen-bond donors (Lipinski definition) is 2. The minimum absolute atomic E-state index is 0.0396. The van der Waals surface area contributed by atoms with E-state index in [1.54, 1.807) is 6.92 Å². The average molecular weight is 333 g/mol. The third kappa shape index (κ3) is 5.17. The molecule has 2 N–H and O–H groups in total. The predicted octanol–water partition coefficient (Wildman–Crippen LogP) is 2.54. The number of aliphatic carboxylic acids is 1. The van der Waals surface area contributed by atoms with Crippen LogP contribution in [0.5, 0.6) is 5.75 Å². The van der Waals surface area contributed by atoms with Crippen LogP contribution in [0.25, 0.3) is 10.8 Å². The number of ether oxygens (including phenoxy) is 1. The molecule has 1 unspecified atom stereocenters. The highest BCUT2D eigenvalue weighted by atomic mass is 32.2. The number of thioether (sulfide) groups is 1. The van der Waals surface area contributed by atoms with Crippen LogP contribution in [-0.2, 0) is 9.59 Å². The molecule has 2 aromatic rings. The lowest BCUT2D eigenvalue weighted by Crippen LogP contribution is -2.37. The molecule has 0 aliphatic carbocycles. The number of amides is 1.